The topological polar surface area (TPSA) is 173 Å². The minimum atomic E-state index is -1.20. The fourth-order valence-electron chi connectivity index (χ4n) is 9.09. The molecule has 15 nitrogen and oxygen atoms in total. The molecular formula is C41H50N10O5. The smallest absolute Gasteiger partial charge is 0.329 e. The van der Waals surface area contributed by atoms with Gasteiger partial charge in [-0.05, 0) is 96.0 Å². The molecule has 1 unspecified atom stereocenters. The number of rotatable bonds is 9. The van der Waals surface area contributed by atoms with E-state index in [-0.39, 0.29) is 29.8 Å². The predicted molar refractivity (Wildman–Crippen MR) is 212 cm³/mol. The normalized spacial score (nSPS) is 21.2. The van der Waals surface area contributed by atoms with Gasteiger partial charge in [-0.15, -0.1) is 0 Å². The standard InChI is InChI=1S/C41H50N10O5/c1-41(2,56)29-21-30-26(20-31(29)44-38(53)32-22-42-16-17-43-32)24-50(46-30)28-10-8-25(9-11-28)23-47(3)27-14-18-49(19-15-27)33-6-5-7-34-37(33)48(4)40(55)51(34)35-12-13-36(52)45-39(35)54/h5-7,16-17,20-22,24-25,27-28,35,56H,8-15,18-19,23H2,1-4H3,(H,44,53)(H,45,52,54). The Balaban J connectivity index is 0.882. The number of nitrogens with zero attached hydrogens (tertiary/aromatic N) is 8. The molecular weight excluding hydrogens is 713 g/mol. The summed E-state index contributed by atoms with van der Waals surface area (Å²) in [6.07, 6.45) is 13.3. The summed E-state index contributed by atoms with van der Waals surface area (Å²) in [7, 11) is 4.01. The molecule has 0 spiro atoms. The summed E-state index contributed by atoms with van der Waals surface area (Å²) in [5.41, 5.74) is 3.15. The number of carbonyl (C=O) groups excluding carboxylic acids is 3. The maximum atomic E-state index is 13.5. The number of nitrogens with one attached hydrogen (secondary N) is 2. The molecule has 5 heterocycles. The van der Waals surface area contributed by atoms with Crippen LogP contribution >= 0.6 is 0 Å². The average molecular weight is 763 g/mol. The Hall–Kier alpha value is -5.41. The van der Waals surface area contributed by atoms with E-state index in [4.69, 9.17) is 5.10 Å². The molecule has 3 N–H and O–H groups in total. The molecule has 56 heavy (non-hydrogen) atoms. The SMILES string of the molecule is CN(CC1CCC(n2cc3cc(NC(=O)c4cnccn4)c(C(C)(C)O)cc3n2)CC1)C1CCN(c2cccc3c2n(C)c(=O)n3C2CCC(=O)NC2=O)CC1. The van der Waals surface area contributed by atoms with E-state index in [0.29, 0.717) is 35.1 Å². The van der Waals surface area contributed by atoms with Crippen molar-refractivity contribution in [2.24, 2.45) is 13.0 Å². The second kappa shape index (κ2) is 14.9. The van der Waals surface area contributed by atoms with Crippen LogP contribution in [0.3, 0.4) is 0 Å². The second-order valence-electron chi connectivity index (χ2n) is 16.3. The number of piperidine rings is 2. The number of fused-ring (bicyclic) bond motifs is 2. The zero-order chi connectivity index (χ0) is 39.3. The van der Waals surface area contributed by atoms with Crippen molar-refractivity contribution in [3.8, 4) is 0 Å². The van der Waals surface area contributed by atoms with Gasteiger partial charge in [-0.25, -0.2) is 9.78 Å². The van der Waals surface area contributed by atoms with Gasteiger partial charge >= 0.3 is 5.69 Å². The Morgan fingerprint density at radius 3 is 2.50 bits per heavy atom. The highest BCUT2D eigenvalue weighted by Gasteiger charge is 2.33. The first-order valence-corrected chi connectivity index (χ1v) is 19.7. The van der Waals surface area contributed by atoms with Gasteiger partial charge in [0.2, 0.25) is 11.8 Å². The number of anilines is 2. The van der Waals surface area contributed by atoms with Crippen LogP contribution in [-0.2, 0) is 22.2 Å². The summed E-state index contributed by atoms with van der Waals surface area (Å²) in [4.78, 5) is 63.9. The molecule has 0 bridgehead atoms. The van der Waals surface area contributed by atoms with Crippen molar-refractivity contribution < 1.29 is 19.5 Å². The molecule has 3 amide bonds. The molecule has 3 aliphatic rings. The largest absolute Gasteiger partial charge is 0.386 e. The quantitative estimate of drug-likeness (QED) is 0.184. The van der Waals surface area contributed by atoms with Gasteiger partial charge in [-0.1, -0.05) is 6.07 Å². The number of imidazole rings is 1. The summed E-state index contributed by atoms with van der Waals surface area (Å²) in [6.45, 7) is 6.17. The van der Waals surface area contributed by atoms with Gasteiger partial charge < -0.3 is 20.2 Å². The summed E-state index contributed by atoms with van der Waals surface area (Å²) >= 11 is 0. The number of aliphatic hydroxyl groups is 1. The number of para-hydroxylation sites is 1. The van der Waals surface area contributed by atoms with Crippen LogP contribution in [0.15, 0.2) is 59.9 Å². The van der Waals surface area contributed by atoms with Crippen LogP contribution in [-0.4, -0.2) is 89.3 Å². The van der Waals surface area contributed by atoms with Crippen molar-refractivity contribution in [2.75, 3.05) is 36.9 Å². The third-order valence-corrected chi connectivity index (χ3v) is 12.1. The van der Waals surface area contributed by atoms with Gasteiger partial charge in [0.1, 0.15) is 11.7 Å². The van der Waals surface area contributed by atoms with E-state index in [1.165, 1.54) is 18.6 Å². The molecule has 2 aromatic carbocycles. The van der Waals surface area contributed by atoms with Gasteiger partial charge in [0, 0.05) is 74.4 Å². The summed E-state index contributed by atoms with van der Waals surface area (Å²) in [5.74, 6) is -0.520. The number of aromatic nitrogens is 6. The molecule has 8 rings (SSSR count). The van der Waals surface area contributed by atoms with Crippen molar-refractivity contribution >= 4 is 51.0 Å². The van der Waals surface area contributed by atoms with Crippen LogP contribution in [0.4, 0.5) is 11.4 Å². The fourth-order valence-corrected chi connectivity index (χ4v) is 9.09. The Labute approximate surface area is 324 Å². The van der Waals surface area contributed by atoms with Crippen LogP contribution in [0, 0.1) is 5.92 Å². The van der Waals surface area contributed by atoms with Crippen molar-refractivity contribution in [3.63, 3.8) is 0 Å². The van der Waals surface area contributed by atoms with E-state index in [0.717, 1.165) is 80.3 Å². The van der Waals surface area contributed by atoms with Crippen molar-refractivity contribution in [3.05, 3.63) is 76.9 Å². The molecule has 2 aliphatic heterocycles. The predicted octanol–water partition coefficient (Wildman–Crippen LogP) is 4.27. The molecule has 15 heteroatoms. The zero-order valence-electron chi connectivity index (χ0n) is 32.4. The maximum absolute atomic E-state index is 13.5. The van der Waals surface area contributed by atoms with E-state index in [9.17, 15) is 24.3 Å². The molecule has 1 saturated carbocycles. The van der Waals surface area contributed by atoms with E-state index in [1.54, 1.807) is 30.0 Å². The molecule has 0 radical (unpaired) electrons. The minimum Gasteiger partial charge on any atom is -0.386 e. The Kier molecular flexibility index (Phi) is 9.99. The first-order chi connectivity index (χ1) is 26.9. The monoisotopic (exact) mass is 762 g/mol. The Morgan fingerprint density at radius 1 is 1.04 bits per heavy atom. The van der Waals surface area contributed by atoms with Crippen LogP contribution in [0.2, 0.25) is 0 Å². The minimum absolute atomic E-state index is 0.196. The molecule has 1 atom stereocenters. The number of amides is 3. The average Bonchev–Trinajstić information content (AvgIpc) is 3.72. The lowest BCUT2D eigenvalue weighted by atomic mass is 9.85. The number of imide groups is 1. The molecule has 2 saturated heterocycles. The zero-order valence-corrected chi connectivity index (χ0v) is 32.4. The molecule has 294 valence electrons. The lowest BCUT2D eigenvalue weighted by Gasteiger charge is -2.40. The summed E-state index contributed by atoms with van der Waals surface area (Å²) in [6, 6.07) is 9.69. The van der Waals surface area contributed by atoms with Crippen molar-refractivity contribution in [1.29, 1.82) is 0 Å². The van der Waals surface area contributed by atoms with E-state index in [1.807, 2.05) is 24.3 Å². The molecule has 5 aromatic rings. The van der Waals surface area contributed by atoms with Gasteiger partial charge in [0.05, 0.1) is 40.1 Å². The molecule has 1 aliphatic carbocycles. The van der Waals surface area contributed by atoms with Crippen molar-refractivity contribution in [1.82, 2.24) is 39.1 Å². The maximum Gasteiger partial charge on any atom is 0.329 e. The van der Waals surface area contributed by atoms with Crippen LogP contribution in [0.25, 0.3) is 21.9 Å². The van der Waals surface area contributed by atoms with Gasteiger partial charge in [0.15, 0.2) is 0 Å². The first kappa shape index (κ1) is 37.5. The highest BCUT2D eigenvalue weighted by atomic mass is 16.3. The Morgan fingerprint density at radius 2 is 1.80 bits per heavy atom. The van der Waals surface area contributed by atoms with Crippen LogP contribution in [0.5, 0.6) is 0 Å². The summed E-state index contributed by atoms with van der Waals surface area (Å²) < 4.78 is 5.26. The number of benzene rings is 2. The lowest BCUT2D eigenvalue weighted by Crippen LogP contribution is -2.45. The van der Waals surface area contributed by atoms with Crippen molar-refractivity contribution in [2.45, 2.75) is 88.9 Å². The number of hydrogen-bond donors (Lipinski definition) is 3. The lowest BCUT2D eigenvalue weighted by molar-refractivity contribution is -0.135. The number of hydrogen-bond acceptors (Lipinski definition) is 10. The van der Waals surface area contributed by atoms with Gasteiger partial charge in [-0.3, -0.25) is 38.5 Å². The van der Waals surface area contributed by atoms with Gasteiger partial charge in [-0.2, -0.15) is 5.10 Å². The van der Waals surface area contributed by atoms with E-state index >= 15 is 0 Å². The highest BCUT2D eigenvalue weighted by Crippen LogP contribution is 2.37. The highest BCUT2D eigenvalue weighted by molar-refractivity contribution is 6.04. The Bertz CT molecular complexity index is 2340. The fraction of sp³-hybridized carbons (Fsp3) is 0.488. The number of aryl methyl sites for hydroxylation is 1. The molecule has 3 aromatic heterocycles. The number of carbonyl (C=O) groups is 3. The van der Waals surface area contributed by atoms with E-state index in [2.05, 4.69) is 54.4 Å². The van der Waals surface area contributed by atoms with Crippen LogP contribution < -0.4 is 21.2 Å². The van der Waals surface area contributed by atoms with Crippen LogP contribution in [0.1, 0.15) is 93.3 Å². The van der Waals surface area contributed by atoms with E-state index < -0.39 is 23.5 Å². The second-order valence-corrected chi connectivity index (χ2v) is 16.3. The van der Waals surface area contributed by atoms with Gasteiger partial charge in [0.25, 0.3) is 5.91 Å². The third kappa shape index (κ3) is 7.20. The summed E-state index contributed by atoms with van der Waals surface area (Å²) in [5, 5.41) is 22.1. The first-order valence-electron chi connectivity index (χ1n) is 19.7. The third-order valence-electron chi connectivity index (χ3n) is 12.1. The molecule has 3 fully saturated rings.